The molecule has 0 bridgehead atoms. The number of benzene rings is 2. The van der Waals surface area contributed by atoms with Crippen LogP contribution in [-0.2, 0) is 9.84 Å². The molecule has 0 saturated heterocycles. The summed E-state index contributed by atoms with van der Waals surface area (Å²) in [5, 5.41) is 5.10. The van der Waals surface area contributed by atoms with E-state index in [-0.39, 0.29) is 27.3 Å². The highest BCUT2D eigenvalue weighted by Crippen LogP contribution is 2.23. The topological polar surface area (TPSA) is 113 Å². The minimum atomic E-state index is -3.43. The lowest BCUT2D eigenvalue weighted by Gasteiger charge is -2.13. The van der Waals surface area contributed by atoms with Gasteiger partial charge in [-0.2, -0.15) is 5.10 Å². The van der Waals surface area contributed by atoms with E-state index in [0.29, 0.717) is 22.1 Å². The summed E-state index contributed by atoms with van der Waals surface area (Å²) in [5.41, 5.74) is 1.27. The Morgan fingerprint density at radius 2 is 1.76 bits per heavy atom. The van der Waals surface area contributed by atoms with Crippen LogP contribution in [0.5, 0.6) is 0 Å². The molecule has 33 heavy (non-hydrogen) atoms. The molecule has 0 aliphatic carbocycles. The molecule has 0 spiro atoms. The minimum absolute atomic E-state index is 0.132. The number of fused-ring (bicyclic) bond motifs is 1. The molecule has 11 heteroatoms. The minimum Gasteiger partial charge on any atom is -0.268 e. The third-order valence-electron chi connectivity index (χ3n) is 4.97. The van der Waals surface area contributed by atoms with E-state index in [0.717, 1.165) is 6.26 Å². The van der Waals surface area contributed by atoms with Gasteiger partial charge < -0.3 is 0 Å². The summed E-state index contributed by atoms with van der Waals surface area (Å²) in [6.07, 6.45) is 7.07. The van der Waals surface area contributed by atoms with Crippen LogP contribution in [0.3, 0.4) is 0 Å². The second kappa shape index (κ2) is 7.91. The van der Waals surface area contributed by atoms with Crippen LogP contribution in [0.2, 0.25) is 5.02 Å². The lowest BCUT2D eigenvalue weighted by atomic mass is 10.2. The summed E-state index contributed by atoms with van der Waals surface area (Å²) in [4.78, 5) is 26.8. The van der Waals surface area contributed by atoms with Crippen LogP contribution in [-0.4, -0.2) is 44.0 Å². The molecule has 0 fully saturated rings. The molecule has 5 aromatic rings. The third kappa shape index (κ3) is 3.79. The van der Waals surface area contributed by atoms with Crippen molar-refractivity contribution >= 4 is 32.5 Å². The zero-order chi connectivity index (χ0) is 23.2. The van der Waals surface area contributed by atoms with Crippen LogP contribution < -0.4 is 5.56 Å². The van der Waals surface area contributed by atoms with Gasteiger partial charge in [0.05, 0.1) is 28.7 Å². The average molecular weight is 479 g/mol. The Labute approximate surface area is 192 Å². The molecule has 3 heterocycles. The summed E-state index contributed by atoms with van der Waals surface area (Å²) in [5.74, 6) is 0.254. The molecule has 0 atom stereocenters. The van der Waals surface area contributed by atoms with Gasteiger partial charge in [0.15, 0.2) is 21.3 Å². The smallest absolute Gasteiger partial charge is 0.268 e. The van der Waals surface area contributed by atoms with E-state index in [4.69, 9.17) is 16.6 Å². The van der Waals surface area contributed by atoms with Crippen LogP contribution in [0.4, 0.5) is 0 Å². The first-order valence-corrected chi connectivity index (χ1v) is 11.9. The second-order valence-electron chi connectivity index (χ2n) is 7.21. The van der Waals surface area contributed by atoms with E-state index in [1.807, 2.05) is 0 Å². The molecule has 164 valence electrons. The maximum atomic E-state index is 13.6. The van der Waals surface area contributed by atoms with Crippen molar-refractivity contribution in [2.45, 2.75) is 4.90 Å². The van der Waals surface area contributed by atoms with E-state index in [9.17, 15) is 13.2 Å². The van der Waals surface area contributed by atoms with Gasteiger partial charge in [0.2, 0.25) is 0 Å². The predicted octanol–water partition coefficient (Wildman–Crippen LogP) is 3.09. The van der Waals surface area contributed by atoms with Crippen molar-refractivity contribution in [2.75, 3.05) is 6.26 Å². The zero-order valence-corrected chi connectivity index (χ0v) is 18.7. The van der Waals surface area contributed by atoms with Gasteiger partial charge in [0.1, 0.15) is 11.1 Å². The predicted molar refractivity (Wildman–Crippen MR) is 124 cm³/mol. The summed E-state index contributed by atoms with van der Waals surface area (Å²) in [7, 11) is -3.43. The molecule has 9 nitrogen and oxygen atoms in total. The monoisotopic (exact) mass is 478 g/mol. The molecule has 3 aromatic heterocycles. The van der Waals surface area contributed by atoms with Crippen molar-refractivity contribution in [3.63, 3.8) is 0 Å². The SMILES string of the molecule is CS(=O)(=O)c1cccc(-n2ncc3c(=O)n(-c4ccc(Cl)cc4)c(-c4cnccn4)nc32)c1. The number of aromatic nitrogens is 6. The van der Waals surface area contributed by atoms with Gasteiger partial charge in [-0.15, -0.1) is 0 Å². The standard InChI is InChI=1S/C22H15ClN6O3S/c1-33(31,32)17-4-2-3-16(11-17)29-20-18(12-26-29)22(30)28(15-7-5-14(23)6-8-15)21(27-20)19-13-24-9-10-25-19/h2-13H,1H3. The Bertz CT molecular complexity index is 1660. The Morgan fingerprint density at radius 3 is 2.45 bits per heavy atom. The molecule has 0 N–H and O–H groups in total. The number of hydrogen-bond acceptors (Lipinski definition) is 7. The first-order valence-electron chi connectivity index (χ1n) is 9.66. The van der Waals surface area contributed by atoms with Gasteiger partial charge in [0.25, 0.3) is 5.56 Å². The van der Waals surface area contributed by atoms with Crippen LogP contribution in [0, 0.1) is 0 Å². The molecule has 0 amide bonds. The highest BCUT2D eigenvalue weighted by Gasteiger charge is 2.20. The molecule has 0 radical (unpaired) electrons. The molecule has 0 aliphatic heterocycles. The molecule has 0 unspecified atom stereocenters. The van der Waals surface area contributed by atoms with Crippen LogP contribution >= 0.6 is 11.6 Å². The normalized spacial score (nSPS) is 11.7. The van der Waals surface area contributed by atoms with Crippen molar-refractivity contribution in [2.24, 2.45) is 0 Å². The molecular formula is C22H15ClN6O3S. The fraction of sp³-hybridized carbons (Fsp3) is 0.0455. The fourth-order valence-electron chi connectivity index (χ4n) is 3.42. The summed E-state index contributed by atoms with van der Waals surface area (Å²) in [6, 6.07) is 13.0. The third-order valence-corrected chi connectivity index (χ3v) is 6.33. The number of rotatable bonds is 4. The highest BCUT2D eigenvalue weighted by atomic mass is 35.5. The second-order valence-corrected chi connectivity index (χ2v) is 9.66. The van der Waals surface area contributed by atoms with Crippen molar-refractivity contribution in [3.05, 3.63) is 88.7 Å². The molecule has 0 saturated carbocycles. The van der Waals surface area contributed by atoms with Crippen LogP contribution in [0.15, 0.2) is 83.0 Å². The quantitative estimate of drug-likeness (QED) is 0.390. The Hall–Kier alpha value is -3.89. The van der Waals surface area contributed by atoms with E-state index in [2.05, 4.69) is 15.1 Å². The van der Waals surface area contributed by atoms with Crippen molar-refractivity contribution in [1.29, 1.82) is 0 Å². The van der Waals surface area contributed by atoms with E-state index < -0.39 is 9.84 Å². The molecular weight excluding hydrogens is 464 g/mol. The maximum absolute atomic E-state index is 13.6. The lowest BCUT2D eigenvalue weighted by molar-refractivity contribution is 0.601. The first kappa shape index (κ1) is 21.0. The number of halogens is 1. The highest BCUT2D eigenvalue weighted by molar-refractivity contribution is 7.90. The number of sulfone groups is 1. The summed E-state index contributed by atoms with van der Waals surface area (Å²) >= 11 is 6.03. The fourth-order valence-corrected chi connectivity index (χ4v) is 4.20. The first-order chi connectivity index (χ1) is 15.8. The zero-order valence-electron chi connectivity index (χ0n) is 17.1. The molecule has 5 rings (SSSR count). The van der Waals surface area contributed by atoms with Crippen molar-refractivity contribution in [1.82, 2.24) is 29.3 Å². The number of hydrogen-bond donors (Lipinski definition) is 0. The Morgan fingerprint density at radius 1 is 0.970 bits per heavy atom. The van der Waals surface area contributed by atoms with Gasteiger partial charge in [0, 0.05) is 23.7 Å². The maximum Gasteiger partial charge on any atom is 0.269 e. The van der Waals surface area contributed by atoms with E-state index in [1.54, 1.807) is 36.4 Å². The van der Waals surface area contributed by atoms with E-state index >= 15 is 0 Å². The van der Waals surface area contributed by atoms with Gasteiger partial charge in [-0.05, 0) is 42.5 Å². The van der Waals surface area contributed by atoms with Crippen LogP contribution in [0.25, 0.3) is 33.9 Å². The summed E-state index contributed by atoms with van der Waals surface area (Å²) < 4.78 is 26.9. The van der Waals surface area contributed by atoms with Crippen LogP contribution in [0.1, 0.15) is 0 Å². The van der Waals surface area contributed by atoms with Crippen molar-refractivity contribution < 1.29 is 8.42 Å². The van der Waals surface area contributed by atoms with E-state index in [1.165, 1.54) is 46.2 Å². The van der Waals surface area contributed by atoms with Gasteiger partial charge in [-0.1, -0.05) is 17.7 Å². The average Bonchev–Trinajstić information content (AvgIpc) is 3.24. The Kier molecular flexibility index (Phi) is 5.03. The Balaban J connectivity index is 1.82. The molecule has 2 aromatic carbocycles. The summed E-state index contributed by atoms with van der Waals surface area (Å²) in [6.45, 7) is 0. The van der Waals surface area contributed by atoms with Gasteiger partial charge in [-0.3, -0.25) is 14.3 Å². The molecule has 0 aliphatic rings. The van der Waals surface area contributed by atoms with Gasteiger partial charge >= 0.3 is 0 Å². The van der Waals surface area contributed by atoms with Gasteiger partial charge in [-0.25, -0.2) is 23.1 Å². The van der Waals surface area contributed by atoms with Crippen molar-refractivity contribution in [3.8, 4) is 22.9 Å². The number of nitrogens with zero attached hydrogens (tertiary/aromatic N) is 6. The largest absolute Gasteiger partial charge is 0.269 e. The lowest BCUT2D eigenvalue weighted by Crippen LogP contribution is -2.22.